The fraction of sp³-hybridized carbons (Fsp3) is 0.333. The van der Waals surface area contributed by atoms with Crippen molar-refractivity contribution in [1.29, 1.82) is 0 Å². The van der Waals surface area contributed by atoms with Crippen LogP contribution in [0.2, 0.25) is 5.02 Å². The zero-order valence-electron chi connectivity index (χ0n) is 15.8. The van der Waals surface area contributed by atoms with E-state index < -0.39 is 11.8 Å². The molecule has 148 valence electrons. The number of hydrogen-bond acceptors (Lipinski definition) is 4. The Kier molecular flexibility index (Phi) is 6.90. The Balaban J connectivity index is 1.45. The lowest BCUT2D eigenvalue weighted by atomic mass is 10.0. The molecule has 1 aliphatic rings. The van der Waals surface area contributed by atoms with Crippen molar-refractivity contribution in [3.63, 3.8) is 0 Å². The summed E-state index contributed by atoms with van der Waals surface area (Å²) in [6.45, 7) is 2.67. The van der Waals surface area contributed by atoms with Gasteiger partial charge in [-0.1, -0.05) is 41.9 Å². The standard InChI is InChI=1S/C21H24ClN3O3/c1-28-19-8-7-17(13-18(19)22)24-21(27)20(26)23-16-9-11-25(12-10-16)14-15-5-3-2-4-6-15/h2-8,13,16H,9-12,14H2,1H3,(H,23,26)(H,24,27). The Morgan fingerprint density at radius 2 is 1.82 bits per heavy atom. The molecule has 2 aromatic carbocycles. The van der Waals surface area contributed by atoms with Crippen molar-refractivity contribution in [2.75, 3.05) is 25.5 Å². The van der Waals surface area contributed by atoms with E-state index in [1.54, 1.807) is 18.2 Å². The maximum atomic E-state index is 12.2. The van der Waals surface area contributed by atoms with Crippen LogP contribution >= 0.6 is 11.6 Å². The SMILES string of the molecule is COc1ccc(NC(=O)C(=O)NC2CCN(Cc3ccccc3)CC2)cc1Cl. The summed E-state index contributed by atoms with van der Waals surface area (Å²) < 4.78 is 5.07. The van der Waals surface area contributed by atoms with Crippen molar-refractivity contribution in [3.05, 3.63) is 59.1 Å². The number of nitrogens with one attached hydrogen (secondary N) is 2. The van der Waals surface area contributed by atoms with Gasteiger partial charge in [0, 0.05) is 31.4 Å². The number of rotatable bonds is 5. The summed E-state index contributed by atoms with van der Waals surface area (Å²) in [4.78, 5) is 26.7. The molecule has 0 bridgehead atoms. The van der Waals surface area contributed by atoms with Crippen LogP contribution in [0, 0.1) is 0 Å². The first kappa shape index (κ1) is 20.2. The van der Waals surface area contributed by atoms with Gasteiger partial charge in [-0.15, -0.1) is 0 Å². The zero-order chi connectivity index (χ0) is 19.9. The number of methoxy groups -OCH3 is 1. The number of carbonyl (C=O) groups is 2. The van der Waals surface area contributed by atoms with Crippen molar-refractivity contribution < 1.29 is 14.3 Å². The molecule has 0 unspecified atom stereocenters. The minimum Gasteiger partial charge on any atom is -0.495 e. The Bertz CT molecular complexity index is 821. The predicted octanol–water partition coefficient (Wildman–Crippen LogP) is 3.07. The van der Waals surface area contributed by atoms with Gasteiger partial charge in [0.2, 0.25) is 0 Å². The first-order chi connectivity index (χ1) is 13.5. The zero-order valence-corrected chi connectivity index (χ0v) is 16.5. The van der Waals surface area contributed by atoms with E-state index >= 15 is 0 Å². The molecule has 0 radical (unpaired) electrons. The first-order valence-corrected chi connectivity index (χ1v) is 9.64. The van der Waals surface area contributed by atoms with Gasteiger partial charge >= 0.3 is 11.8 Å². The number of anilines is 1. The monoisotopic (exact) mass is 401 g/mol. The number of nitrogens with zero attached hydrogens (tertiary/aromatic N) is 1. The van der Waals surface area contributed by atoms with Crippen molar-refractivity contribution in [3.8, 4) is 5.75 Å². The van der Waals surface area contributed by atoms with Gasteiger partial charge < -0.3 is 15.4 Å². The molecule has 1 fully saturated rings. The first-order valence-electron chi connectivity index (χ1n) is 9.27. The fourth-order valence-electron chi connectivity index (χ4n) is 3.26. The Hall–Kier alpha value is -2.57. The van der Waals surface area contributed by atoms with Crippen LogP contribution in [-0.2, 0) is 16.1 Å². The molecule has 2 amide bonds. The van der Waals surface area contributed by atoms with Crippen LogP contribution in [0.1, 0.15) is 18.4 Å². The van der Waals surface area contributed by atoms with E-state index in [9.17, 15) is 9.59 Å². The van der Waals surface area contributed by atoms with Crippen LogP contribution < -0.4 is 15.4 Å². The summed E-state index contributed by atoms with van der Waals surface area (Å²) in [6.07, 6.45) is 1.64. The average Bonchev–Trinajstić information content (AvgIpc) is 2.70. The predicted molar refractivity (Wildman–Crippen MR) is 110 cm³/mol. The molecule has 0 aliphatic carbocycles. The van der Waals surface area contributed by atoms with E-state index in [0.717, 1.165) is 32.5 Å². The van der Waals surface area contributed by atoms with Crippen LogP contribution in [0.5, 0.6) is 5.75 Å². The molecule has 0 saturated carbocycles. The summed E-state index contributed by atoms with van der Waals surface area (Å²) in [5, 5.41) is 5.76. The van der Waals surface area contributed by atoms with Gasteiger partial charge in [-0.25, -0.2) is 0 Å². The molecule has 28 heavy (non-hydrogen) atoms. The summed E-state index contributed by atoms with van der Waals surface area (Å²) in [7, 11) is 1.51. The van der Waals surface area contributed by atoms with E-state index in [0.29, 0.717) is 16.5 Å². The van der Waals surface area contributed by atoms with Crippen LogP contribution in [-0.4, -0.2) is 43.0 Å². The van der Waals surface area contributed by atoms with Crippen molar-refractivity contribution >= 4 is 29.1 Å². The van der Waals surface area contributed by atoms with Gasteiger partial charge in [0.25, 0.3) is 0 Å². The summed E-state index contributed by atoms with van der Waals surface area (Å²) in [5.74, 6) is -0.826. The molecule has 1 saturated heterocycles. The van der Waals surface area contributed by atoms with E-state index in [1.807, 2.05) is 18.2 Å². The Morgan fingerprint density at radius 1 is 1.11 bits per heavy atom. The molecule has 6 nitrogen and oxygen atoms in total. The third kappa shape index (κ3) is 5.47. The maximum Gasteiger partial charge on any atom is 0.313 e. The van der Waals surface area contributed by atoms with Crippen LogP contribution in [0.15, 0.2) is 48.5 Å². The minimum atomic E-state index is -0.701. The third-order valence-corrected chi connectivity index (χ3v) is 5.08. The molecule has 1 heterocycles. The Morgan fingerprint density at radius 3 is 2.46 bits per heavy atom. The normalized spacial score (nSPS) is 15.1. The fourth-order valence-corrected chi connectivity index (χ4v) is 3.52. The number of ether oxygens (including phenoxy) is 1. The highest BCUT2D eigenvalue weighted by atomic mass is 35.5. The number of hydrogen-bond donors (Lipinski definition) is 2. The number of halogens is 1. The smallest absolute Gasteiger partial charge is 0.313 e. The number of carbonyl (C=O) groups excluding carboxylic acids is 2. The number of amides is 2. The molecule has 0 atom stereocenters. The highest BCUT2D eigenvalue weighted by molar-refractivity contribution is 6.40. The second kappa shape index (κ2) is 9.57. The average molecular weight is 402 g/mol. The van der Waals surface area contributed by atoms with E-state index in [-0.39, 0.29) is 6.04 Å². The largest absolute Gasteiger partial charge is 0.495 e. The Labute approximate surface area is 169 Å². The molecule has 0 aromatic heterocycles. The van der Waals surface area contributed by atoms with Crippen molar-refractivity contribution in [2.45, 2.75) is 25.4 Å². The van der Waals surface area contributed by atoms with E-state index in [4.69, 9.17) is 16.3 Å². The molecule has 1 aliphatic heterocycles. The van der Waals surface area contributed by atoms with Crippen LogP contribution in [0.3, 0.4) is 0 Å². The molecular weight excluding hydrogens is 378 g/mol. The second-order valence-corrected chi connectivity index (χ2v) is 7.22. The number of likely N-dealkylation sites (tertiary alicyclic amines) is 1. The van der Waals surface area contributed by atoms with Gasteiger partial charge in [-0.2, -0.15) is 0 Å². The maximum absolute atomic E-state index is 12.2. The molecular formula is C21H24ClN3O3. The third-order valence-electron chi connectivity index (χ3n) is 4.79. The summed E-state index contributed by atoms with van der Waals surface area (Å²) >= 11 is 6.04. The lowest BCUT2D eigenvalue weighted by Gasteiger charge is -2.32. The van der Waals surface area contributed by atoms with Gasteiger partial charge in [0.15, 0.2) is 0 Å². The van der Waals surface area contributed by atoms with E-state index in [1.165, 1.54) is 12.7 Å². The molecule has 0 spiro atoms. The van der Waals surface area contributed by atoms with Gasteiger partial charge in [0.1, 0.15) is 5.75 Å². The van der Waals surface area contributed by atoms with Crippen molar-refractivity contribution in [1.82, 2.24) is 10.2 Å². The van der Waals surface area contributed by atoms with Gasteiger partial charge in [-0.05, 0) is 36.6 Å². The molecule has 2 aromatic rings. The van der Waals surface area contributed by atoms with Crippen molar-refractivity contribution in [2.24, 2.45) is 0 Å². The molecule has 3 rings (SSSR count). The van der Waals surface area contributed by atoms with Crippen LogP contribution in [0.25, 0.3) is 0 Å². The highest BCUT2D eigenvalue weighted by Crippen LogP contribution is 2.27. The topological polar surface area (TPSA) is 70.7 Å². The quantitative estimate of drug-likeness (QED) is 0.755. The van der Waals surface area contributed by atoms with Gasteiger partial charge in [0.05, 0.1) is 12.1 Å². The number of piperidine rings is 1. The van der Waals surface area contributed by atoms with Gasteiger partial charge in [-0.3, -0.25) is 14.5 Å². The lowest BCUT2D eigenvalue weighted by molar-refractivity contribution is -0.136. The molecule has 2 N–H and O–H groups in total. The van der Waals surface area contributed by atoms with Crippen LogP contribution in [0.4, 0.5) is 5.69 Å². The molecule has 7 heteroatoms. The highest BCUT2D eigenvalue weighted by Gasteiger charge is 2.23. The minimum absolute atomic E-state index is 0.00438. The second-order valence-electron chi connectivity index (χ2n) is 6.81. The van der Waals surface area contributed by atoms with E-state index in [2.05, 4.69) is 27.7 Å². The number of benzene rings is 2. The summed E-state index contributed by atoms with van der Waals surface area (Å²) in [5.41, 5.74) is 1.73. The lowest BCUT2D eigenvalue weighted by Crippen LogP contribution is -2.47. The summed E-state index contributed by atoms with van der Waals surface area (Å²) in [6, 6.07) is 15.1.